The normalized spacial score (nSPS) is 34.0. The quantitative estimate of drug-likeness (QED) is 0.286. The van der Waals surface area contributed by atoms with E-state index in [1.165, 1.54) is 46.1 Å². The third-order valence-corrected chi connectivity index (χ3v) is 9.86. The Morgan fingerprint density at radius 1 is 0.980 bits per heavy atom. The molecule has 1 amide bonds. The zero-order valence-electron chi connectivity index (χ0n) is 29.8. The van der Waals surface area contributed by atoms with Crippen LogP contribution in [0.15, 0.2) is 47.9 Å². The molecule has 0 spiro atoms. The molecule has 14 heteroatoms. The van der Waals surface area contributed by atoms with Crippen LogP contribution in [0.5, 0.6) is 11.5 Å². The number of methoxy groups -OCH3 is 1. The fourth-order valence-electron chi connectivity index (χ4n) is 6.70. The number of nitrogens with one attached hydrogen (secondary N) is 1. The number of benzene rings is 1. The largest absolute Gasteiger partial charge is 0.507 e. The van der Waals surface area contributed by atoms with Crippen LogP contribution in [0.4, 0.5) is 0 Å². The van der Waals surface area contributed by atoms with E-state index in [9.17, 15) is 44.4 Å². The van der Waals surface area contributed by atoms with E-state index >= 15 is 0 Å². The van der Waals surface area contributed by atoms with E-state index < -0.39 is 112 Å². The predicted octanol–water partition coefficient (Wildman–Crippen LogP) is 2.60. The van der Waals surface area contributed by atoms with E-state index in [1.807, 2.05) is 0 Å². The second-order valence-corrected chi connectivity index (χ2v) is 13.4. The molecule has 1 aromatic carbocycles. The third kappa shape index (κ3) is 7.40. The number of phenolic OH excluding ortho intramolecular Hbond substituents is 1. The van der Waals surface area contributed by atoms with Gasteiger partial charge in [-0.1, -0.05) is 45.9 Å². The van der Waals surface area contributed by atoms with Crippen LogP contribution >= 0.6 is 0 Å². The van der Waals surface area contributed by atoms with Gasteiger partial charge in [-0.3, -0.25) is 24.0 Å². The Bertz CT molecular complexity index is 1740. The van der Waals surface area contributed by atoms with Crippen LogP contribution in [-0.2, 0) is 23.8 Å². The second kappa shape index (κ2) is 15.3. The number of carbonyl (C=O) groups is 5. The molecule has 2 unspecified atom stereocenters. The lowest BCUT2D eigenvalue weighted by atomic mass is 9.78. The number of ether oxygens (including phenoxy) is 4. The van der Waals surface area contributed by atoms with Gasteiger partial charge in [0.15, 0.2) is 5.78 Å². The van der Waals surface area contributed by atoms with Gasteiger partial charge in [0, 0.05) is 61.8 Å². The molecule has 14 nitrogen and oxygen atoms in total. The number of rotatable bonds is 3. The number of hydrogen-bond acceptors (Lipinski definition) is 13. The highest BCUT2D eigenvalue weighted by molar-refractivity contribution is 6.30. The number of phenols is 1. The molecule has 1 aromatic rings. The van der Waals surface area contributed by atoms with Gasteiger partial charge in [-0.2, -0.15) is 0 Å². The first-order chi connectivity index (χ1) is 23.9. The number of aliphatic hydroxyl groups excluding tert-OH is 3. The van der Waals surface area contributed by atoms with Crippen LogP contribution in [-0.4, -0.2) is 93.6 Å². The fourth-order valence-corrected chi connectivity index (χ4v) is 6.70. The lowest BCUT2D eigenvalue weighted by molar-refractivity contribution is -0.160. The van der Waals surface area contributed by atoms with Gasteiger partial charge in [0.05, 0.1) is 53.6 Å². The smallest absolute Gasteiger partial charge is 0.312 e. The summed E-state index contributed by atoms with van der Waals surface area (Å²) in [6.45, 7) is 9.87. The van der Waals surface area contributed by atoms with Crippen LogP contribution in [0.3, 0.4) is 0 Å². The molecule has 5 rings (SSSR count). The van der Waals surface area contributed by atoms with Crippen LogP contribution in [0, 0.1) is 30.6 Å². The van der Waals surface area contributed by atoms with Gasteiger partial charge in [0.2, 0.25) is 5.78 Å². The molecule has 0 radical (unpaired) electrons. The van der Waals surface area contributed by atoms with Crippen molar-refractivity contribution in [2.75, 3.05) is 13.7 Å². The Labute approximate surface area is 295 Å². The first kappa shape index (κ1) is 39.2. The van der Waals surface area contributed by atoms with Crippen LogP contribution in [0.25, 0.3) is 0 Å². The number of esters is 1. The molecule has 276 valence electrons. The molecule has 0 fully saturated rings. The maximum Gasteiger partial charge on any atom is 0.312 e. The zero-order chi connectivity index (χ0) is 38.1. The van der Waals surface area contributed by atoms with E-state index in [4.69, 9.17) is 18.9 Å². The number of ketones is 3. The number of fused-ring (bicyclic) bond motifs is 14. The summed E-state index contributed by atoms with van der Waals surface area (Å²) in [5.74, 6) is -9.68. The van der Waals surface area contributed by atoms with Crippen LogP contribution < -0.4 is 10.1 Å². The molecule has 0 saturated carbocycles. The van der Waals surface area contributed by atoms with Gasteiger partial charge in [-0.25, -0.2) is 0 Å². The molecule has 9 atom stereocenters. The number of allylic oxidation sites excluding steroid dienone is 4. The lowest BCUT2D eigenvalue weighted by Crippen LogP contribution is -2.46. The summed E-state index contributed by atoms with van der Waals surface area (Å²) >= 11 is 0. The summed E-state index contributed by atoms with van der Waals surface area (Å²) in [7, 11) is 1.41. The van der Waals surface area contributed by atoms with Crippen molar-refractivity contribution in [1.82, 2.24) is 5.32 Å². The number of hydrogen-bond donors (Lipinski definition) is 5. The third-order valence-electron chi connectivity index (χ3n) is 9.86. The van der Waals surface area contributed by atoms with Crippen molar-refractivity contribution >= 4 is 29.2 Å². The van der Waals surface area contributed by atoms with Gasteiger partial charge in [-0.05, 0) is 13.0 Å². The molecule has 4 aliphatic rings. The Hall–Kier alpha value is -4.63. The number of aliphatic hydroxyl groups is 3. The highest BCUT2D eigenvalue weighted by Gasteiger charge is 2.51. The Morgan fingerprint density at radius 3 is 2.25 bits per heavy atom. The summed E-state index contributed by atoms with van der Waals surface area (Å²) in [5.41, 5.74) is -1.94. The maximum atomic E-state index is 13.9. The molecule has 1 aliphatic carbocycles. The van der Waals surface area contributed by atoms with E-state index in [-0.39, 0.29) is 22.4 Å². The summed E-state index contributed by atoms with van der Waals surface area (Å²) < 4.78 is 23.0. The van der Waals surface area contributed by atoms with Crippen molar-refractivity contribution in [3.63, 3.8) is 0 Å². The molecule has 0 saturated heterocycles. The predicted molar refractivity (Wildman–Crippen MR) is 181 cm³/mol. The Morgan fingerprint density at radius 2 is 1.65 bits per heavy atom. The van der Waals surface area contributed by atoms with Gasteiger partial charge < -0.3 is 44.7 Å². The molecular weight excluding hydrogens is 666 g/mol. The molecule has 5 N–H and O–H groups in total. The van der Waals surface area contributed by atoms with E-state index in [2.05, 4.69) is 5.32 Å². The average molecular weight is 712 g/mol. The summed E-state index contributed by atoms with van der Waals surface area (Å²) in [6, 6.07) is 0. The highest BCUT2D eigenvalue weighted by atomic mass is 16.7. The summed E-state index contributed by atoms with van der Waals surface area (Å²) in [6.07, 6.45) is 3.65. The van der Waals surface area contributed by atoms with Crippen molar-refractivity contribution in [2.45, 2.75) is 78.7 Å². The average Bonchev–Trinajstić information content (AvgIpc) is 3.35. The Balaban J connectivity index is 1.85. The molecule has 0 aromatic heterocycles. The van der Waals surface area contributed by atoms with E-state index in [0.717, 1.165) is 12.3 Å². The molecule has 3 aliphatic heterocycles. The summed E-state index contributed by atoms with van der Waals surface area (Å²) in [4.78, 5) is 66.3. The summed E-state index contributed by atoms with van der Waals surface area (Å²) in [5, 5.41) is 45.9. The first-order valence-corrected chi connectivity index (χ1v) is 16.5. The van der Waals surface area contributed by atoms with Gasteiger partial charge >= 0.3 is 11.8 Å². The minimum Gasteiger partial charge on any atom is -0.507 e. The molecule has 3 heterocycles. The maximum absolute atomic E-state index is 13.9. The molecule has 51 heavy (non-hydrogen) atoms. The number of aromatic hydroxyl groups is 1. The van der Waals surface area contributed by atoms with Crippen LogP contribution in [0.1, 0.15) is 78.2 Å². The van der Waals surface area contributed by atoms with Crippen molar-refractivity contribution in [3.05, 3.63) is 70.2 Å². The van der Waals surface area contributed by atoms with Crippen molar-refractivity contribution < 1.29 is 63.3 Å². The Kier molecular flexibility index (Phi) is 11.8. The lowest BCUT2D eigenvalue weighted by Gasteiger charge is -2.38. The van der Waals surface area contributed by atoms with Crippen molar-refractivity contribution in [3.8, 4) is 11.5 Å². The van der Waals surface area contributed by atoms with Crippen molar-refractivity contribution in [1.29, 1.82) is 0 Å². The van der Waals surface area contributed by atoms with E-state index in [0.29, 0.717) is 0 Å². The SMILES string of the molecule is COC1/C=C/OC2(C)Oc3c(C)c(O)c4c(c3C2=O)C(=O)C=C(NC(=O)/C(CO)=C\C=C\[C@H](C)[C@H](O)[C@@H](C)[C@@H](O)[C@@H](C)[C@@H](OC(C)=O)[C@@H]1C)C4=O. The number of carbonyl (C=O) groups excluding carboxylic acids is 5. The van der Waals surface area contributed by atoms with Crippen molar-refractivity contribution in [2.24, 2.45) is 23.7 Å². The van der Waals surface area contributed by atoms with Crippen LogP contribution in [0.2, 0.25) is 0 Å². The topological polar surface area (TPSA) is 215 Å². The minimum atomic E-state index is -2.06. The van der Waals surface area contributed by atoms with Gasteiger partial charge in [0.1, 0.15) is 17.6 Å². The monoisotopic (exact) mass is 711 g/mol. The van der Waals surface area contributed by atoms with E-state index in [1.54, 1.807) is 33.8 Å². The zero-order valence-corrected chi connectivity index (χ0v) is 29.8. The first-order valence-electron chi connectivity index (χ1n) is 16.5. The fraction of sp³-hybridized carbons (Fsp3) is 0.486. The standard InChI is InChI=1S/C37H45NO13/c1-16-10-9-11-22(15-39)36(47)38-23-14-24(41)26-27(32(23)45)31(44)20(5)34-28(26)35(46)37(7,51-34)49-13-12-25(48-8)17(2)33(50-21(6)40)19(4)30(43)18(3)29(16)42/h9-14,16-19,25,29-30,33,39,42-44H,15H2,1-8H3,(H,38,47)/b10-9+,13-12+,22-11-/t16-,17+,18+,19+,25?,29-,30+,33-,37?/m0/s1. The number of amides is 1. The van der Waals surface area contributed by atoms with Gasteiger partial charge in [-0.15, -0.1) is 0 Å². The van der Waals surface area contributed by atoms with Gasteiger partial charge in [0.25, 0.3) is 11.7 Å². The minimum absolute atomic E-state index is 0.0283. The second-order valence-electron chi connectivity index (χ2n) is 13.4. The molecule has 5 bridgehead atoms. The highest BCUT2D eigenvalue weighted by Crippen LogP contribution is 2.47. The molecular formula is C37H45NO13. The number of Topliss-reactive ketones (excluding diaryl/α,β-unsaturated/α-hetero) is 2.